The molecule has 2 unspecified atom stereocenters. The van der Waals surface area contributed by atoms with Crippen molar-refractivity contribution in [3.63, 3.8) is 0 Å². The van der Waals surface area contributed by atoms with E-state index in [1.807, 2.05) is 0 Å². The number of aliphatic carboxylic acids is 1. The Balaban J connectivity index is 2.08. The van der Waals surface area contributed by atoms with Crippen molar-refractivity contribution in [2.45, 2.75) is 37.8 Å². The molecule has 1 aromatic carbocycles. The van der Waals surface area contributed by atoms with Gasteiger partial charge in [0.1, 0.15) is 11.6 Å². The summed E-state index contributed by atoms with van der Waals surface area (Å²) in [5, 5.41) is 9.00. The molecule has 5 heteroatoms. The number of hydrogen-bond donors (Lipinski definition) is 2. The maximum Gasteiger partial charge on any atom is 0.323 e. The van der Waals surface area contributed by atoms with Crippen LogP contribution in [0.15, 0.2) is 18.2 Å². The molecule has 4 nitrogen and oxygen atoms in total. The predicted molar refractivity (Wildman–Crippen MR) is 64.0 cm³/mol. The predicted octanol–water partition coefficient (Wildman–Crippen LogP) is 1.85. The molecule has 1 saturated carbocycles. The van der Waals surface area contributed by atoms with Crippen molar-refractivity contribution in [2.75, 3.05) is 0 Å². The fourth-order valence-corrected chi connectivity index (χ4v) is 2.21. The van der Waals surface area contributed by atoms with E-state index in [1.165, 1.54) is 0 Å². The number of hydrogen-bond acceptors (Lipinski definition) is 3. The van der Waals surface area contributed by atoms with E-state index in [0.29, 0.717) is 18.4 Å². The highest BCUT2D eigenvalue weighted by Gasteiger charge is 2.43. The minimum absolute atomic E-state index is 0.162. The molecular formula is C13H16FNO3. The molecule has 0 spiro atoms. The van der Waals surface area contributed by atoms with Gasteiger partial charge in [-0.2, -0.15) is 0 Å². The molecule has 0 aliphatic heterocycles. The van der Waals surface area contributed by atoms with Crippen molar-refractivity contribution in [2.24, 2.45) is 5.73 Å². The fourth-order valence-electron chi connectivity index (χ4n) is 2.21. The van der Waals surface area contributed by atoms with Gasteiger partial charge in [-0.1, -0.05) is 12.1 Å². The minimum atomic E-state index is -1.25. The second-order valence-electron chi connectivity index (χ2n) is 4.83. The minimum Gasteiger partial charge on any atom is -0.487 e. The van der Waals surface area contributed by atoms with Crippen molar-refractivity contribution < 1.29 is 19.0 Å². The number of carboxylic acid groups (broad SMARTS) is 1. The van der Waals surface area contributed by atoms with Crippen LogP contribution in [0.1, 0.15) is 24.8 Å². The Bertz CT molecular complexity index is 477. The summed E-state index contributed by atoms with van der Waals surface area (Å²) in [5.41, 5.74) is 5.00. The van der Waals surface area contributed by atoms with E-state index in [9.17, 15) is 9.18 Å². The van der Waals surface area contributed by atoms with Gasteiger partial charge < -0.3 is 15.6 Å². The van der Waals surface area contributed by atoms with Gasteiger partial charge in [-0.3, -0.25) is 4.79 Å². The van der Waals surface area contributed by atoms with Gasteiger partial charge in [0.05, 0.1) is 0 Å². The molecule has 0 heterocycles. The standard InChI is InChI=1S/C13H16FNO3/c1-8-3-2-4-10(11(8)14)18-9-5-6-13(15,7-9)12(16)17/h2-4,9H,5-7,15H2,1H3,(H,16,17). The third kappa shape index (κ3) is 2.31. The van der Waals surface area contributed by atoms with Crippen LogP contribution in [0.5, 0.6) is 5.75 Å². The summed E-state index contributed by atoms with van der Waals surface area (Å²) in [4.78, 5) is 11.0. The highest BCUT2D eigenvalue weighted by molar-refractivity contribution is 5.79. The first-order valence-electron chi connectivity index (χ1n) is 5.86. The SMILES string of the molecule is Cc1cccc(OC2CCC(N)(C(=O)O)C2)c1F. The van der Waals surface area contributed by atoms with Crippen LogP contribution in [-0.4, -0.2) is 22.7 Å². The molecule has 18 heavy (non-hydrogen) atoms. The molecule has 3 N–H and O–H groups in total. The number of nitrogens with two attached hydrogens (primary N) is 1. The average molecular weight is 253 g/mol. The molecular weight excluding hydrogens is 237 g/mol. The lowest BCUT2D eigenvalue weighted by molar-refractivity contribution is -0.143. The summed E-state index contributed by atoms with van der Waals surface area (Å²) >= 11 is 0. The van der Waals surface area contributed by atoms with E-state index in [2.05, 4.69) is 0 Å². The third-order valence-corrected chi connectivity index (χ3v) is 3.38. The average Bonchev–Trinajstić information content (AvgIpc) is 2.68. The van der Waals surface area contributed by atoms with Crippen molar-refractivity contribution >= 4 is 5.97 Å². The molecule has 0 saturated heterocycles. The first kappa shape index (κ1) is 12.8. The van der Waals surface area contributed by atoms with Crippen LogP contribution in [0.25, 0.3) is 0 Å². The molecule has 2 rings (SSSR count). The number of rotatable bonds is 3. The van der Waals surface area contributed by atoms with E-state index in [-0.39, 0.29) is 18.3 Å². The molecule has 0 radical (unpaired) electrons. The van der Waals surface area contributed by atoms with Gasteiger partial charge in [-0.05, 0) is 31.4 Å². The second kappa shape index (κ2) is 4.57. The third-order valence-electron chi connectivity index (χ3n) is 3.38. The molecule has 1 aliphatic rings. The number of aryl methyl sites for hydroxylation is 1. The van der Waals surface area contributed by atoms with Crippen molar-refractivity contribution in [3.05, 3.63) is 29.6 Å². The van der Waals surface area contributed by atoms with Gasteiger partial charge in [-0.25, -0.2) is 4.39 Å². The quantitative estimate of drug-likeness (QED) is 0.862. The van der Waals surface area contributed by atoms with E-state index in [1.54, 1.807) is 25.1 Å². The van der Waals surface area contributed by atoms with Gasteiger partial charge in [-0.15, -0.1) is 0 Å². The Morgan fingerprint density at radius 3 is 2.94 bits per heavy atom. The zero-order valence-corrected chi connectivity index (χ0v) is 10.1. The van der Waals surface area contributed by atoms with Crippen molar-refractivity contribution in [1.82, 2.24) is 0 Å². The number of carbonyl (C=O) groups is 1. The largest absolute Gasteiger partial charge is 0.487 e. The van der Waals surface area contributed by atoms with Crippen LogP contribution in [0.3, 0.4) is 0 Å². The highest BCUT2D eigenvalue weighted by atomic mass is 19.1. The Hall–Kier alpha value is -1.62. The Morgan fingerprint density at radius 2 is 2.33 bits per heavy atom. The summed E-state index contributed by atoms with van der Waals surface area (Å²) in [6.07, 6.45) is 0.731. The van der Waals surface area contributed by atoms with Gasteiger partial charge in [0.15, 0.2) is 11.6 Å². The van der Waals surface area contributed by atoms with E-state index in [4.69, 9.17) is 15.6 Å². The summed E-state index contributed by atoms with van der Waals surface area (Å²) in [7, 11) is 0. The number of carboxylic acids is 1. The smallest absolute Gasteiger partial charge is 0.323 e. The van der Waals surface area contributed by atoms with E-state index in [0.717, 1.165) is 0 Å². The lowest BCUT2D eigenvalue weighted by atomic mass is 10.00. The first-order chi connectivity index (χ1) is 8.42. The van der Waals surface area contributed by atoms with Crippen LogP contribution in [0, 0.1) is 12.7 Å². The molecule has 0 bridgehead atoms. The van der Waals surface area contributed by atoms with Crippen LogP contribution in [0.2, 0.25) is 0 Å². The topological polar surface area (TPSA) is 72.5 Å². The first-order valence-corrected chi connectivity index (χ1v) is 5.86. The normalized spacial score (nSPS) is 27.2. The summed E-state index contributed by atoms with van der Waals surface area (Å²) in [6.45, 7) is 1.65. The fraction of sp³-hybridized carbons (Fsp3) is 0.462. The summed E-state index contributed by atoms with van der Waals surface area (Å²) in [6, 6.07) is 4.90. The van der Waals surface area contributed by atoms with Crippen molar-refractivity contribution in [3.8, 4) is 5.75 Å². The zero-order valence-electron chi connectivity index (χ0n) is 10.1. The van der Waals surface area contributed by atoms with Crippen LogP contribution >= 0.6 is 0 Å². The van der Waals surface area contributed by atoms with Gasteiger partial charge in [0.2, 0.25) is 0 Å². The van der Waals surface area contributed by atoms with Gasteiger partial charge >= 0.3 is 5.97 Å². The van der Waals surface area contributed by atoms with Crippen molar-refractivity contribution in [1.29, 1.82) is 0 Å². The molecule has 0 aromatic heterocycles. The molecule has 2 atom stereocenters. The Kier molecular flexibility index (Phi) is 3.26. The number of benzene rings is 1. The van der Waals surface area contributed by atoms with Crippen LogP contribution in [0.4, 0.5) is 4.39 Å². The number of halogens is 1. The number of ether oxygens (including phenoxy) is 1. The van der Waals surface area contributed by atoms with Crippen LogP contribution in [-0.2, 0) is 4.79 Å². The zero-order chi connectivity index (χ0) is 13.3. The van der Waals surface area contributed by atoms with E-state index < -0.39 is 17.3 Å². The Labute approximate surface area is 105 Å². The van der Waals surface area contributed by atoms with Gasteiger partial charge in [0.25, 0.3) is 0 Å². The second-order valence-corrected chi connectivity index (χ2v) is 4.83. The molecule has 1 aliphatic carbocycles. The maximum absolute atomic E-state index is 13.7. The lowest BCUT2D eigenvalue weighted by Crippen LogP contribution is -2.46. The molecule has 1 fully saturated rings. The summed E-state index contributed by atoms with van der Waals surface area (Å²) in [5.74, 6) is -1.27. The van der Waals surface area contributed by atoms with Gasteiger partial charge in [0, 0.05) is 6.42 Å². The molecule has 98 valence electrons. The maximum atomic E-state index is 13.7. The molecule has 0 amide bonds. The highest BCUT2D eigenvalue weighted by Crippen LogP contribution is 2.32. The lowest BCUT2D eigenvalue weighted by Gasteiger charge is -2.19. The molecule has 1 aromatic rings. The monoisotopic (exact) mass is 253 g/mol. The Morgan fingerprint density at radius 1 is 1.61 bits per heavy atom. The summed E-state index contributed by atoms with van der Waals surface area (Å²) < 4.78 is 19.2. The van der Waals surface area contributed by atoms with Crippen LogP contribution < -0.4 is 10.5 Å². The van der Waals surface area contributed by atoms with E-state index >= 15 is 0 Å².